The van der Waals surface area contributed by atoms with Gasteiger partial charge in [0.15, 0.2) is 5.96 Å². The van der Waals surface area contributed by atoms with Crippen molar-refractivity contribution in [2.75, 3.05) is 27.2 Å². The van der Waals surface area contributed by atoms with Crippen molar-refractivity contribution in [2.45, 2.75) is 63.1 Å². The summed E-state index contributed by atoms with van der Waals surface area (Å²) in [6, 6.07) is 10.7. The van der Waals surface area contributed by atoms with Gasteiger partial charge in [-0.15, -0.1) is 24.0 Å². The van der Waals surface area contributed by atoms with Gasteiger partial charge in [0.2, 0.25) is 5.91 Å². The fourth-order valence-corrected chi connectivity index (χ4v) is 4.16. The van der Waals surface area contributed by atoms with Gasteiger partial charge in [0.25, 0.3) is 0 Å². The first-order valence-electron chi connectivity index (χ1n) is 10.4. The second-order valence-corrected chi connectivity index (χ2v) is 8.30. The average Bonchev–Trinajstić information content (AvgIpc) is 3.13. The third-order valence-corrected chi connectivity index (χ3v) is 5.87. The Bertz CT molecular complexity index is 675. The molecule has 2 fully saturated rings. The van der Waals surface area contributed by atoms with Crippen LogP contribution in [0.5, 0.6) is 0 Å². The Morgan fingerprint density at radius 2 is 1.97 bits per heavy atom. The molecule has 2 aliphatic rings. The monoisotopic (exact) mass is 514 g/mol. The van der Waals surface area contributed by atoms with Crippen LogP contribution in [0.25, 0.3) is 0 Å². The predicted octanol–water partition coefficient (Wildman–Crippen LogP) is 3.48. The zero-order valence-corrected chi connectivity index (χ0v) is 20.1. The minimum atomic E-state index is -0.00675. The minimum absolute atomic E-state index is 0. The van der Waals surface area contributed by atoms with E-state index in [9.17, 15) is 4.79 Å². The Labute approximate surface area is 191 Å². The van der Waals surface area contributed by atoms with Crippen LogP contribution in [0, 0.1) is 0 Å². The second kappa shape index (κ2) is 11.2. The summed E-state index contributed by atoms with van der Waals surface area (Å²) in [5.41, 5.74) is 1.24. The zero-order chi connectivity index (χ0) is 20.0. The Morgan fingerprint density at radius 3 is 2.62 bits per heavy atom. The van der Waals surface area contributed by atoms with E-state index in [0.29, 0.717) is 12.0 Å². The van der Waals surface area contributed by atoms with Crippen molar-refractivity contribution in [1.82, 2.24) is 15.5 Å². The number of carbonyl (C=O) groups is 1. The summed E-state index contributed by atoms with van der Waals surface area (Å²) in [6.45, 7) is 3.04. The first-order valence-corrected chi connectivity index (χ1v) is 10.4. The molecule has 7 heteroatoms. The van der Waals surface area contributed by atoms with Crippen molar-refractivity contribution in [3.8, 4) is 0 Å². The van der Waals surface area contributed by atoms with Gasteiger partial charge < -0.3 is 20.3 Å². The molecule has 1 saturated heterocycles. The lowest BCUT2D eigenvalue weighted by Gasteiger charge is -2.39. The van der Waals surface area contributed by atoms with Crippen LogP contribution in [-0.2, 0) is 9.53 Å². The number of nitrogens with zero attached hydrogens (tertiary/aromatic N) is 2. The van der Waals surface area contributed by atoms with Crippen LogP contribution in [0.3, 0.4) is 0 Å². The van der Waals surface area contributed by atoms with Crippen LogP contribution in [0.1, 0.15) is 57.1 Å². The number of halogens is 1. The first kappa shape index (κ1) is 23.9. The number of hydrogen-bond donors (Lipinski definition) is 2. The molecule has 0 aromatic heterocycles. The van der Waals surface area contributed by atoms with Crippen LogP contribution >= 0.6 is 24.0 Å². The maximum absolute atomic E-state index is 12.0. The third kappa shape index (κ3) is 6.84. The normalized spacial score (nSPS) is 21.9. The SMILES string of the molecule is CC(NC(=NCC(=O)N(C)C)NC1CCOC2(CCCC2)C1)c1ccccc1.I. The highest BCUT2D eigenvalue weighted by Crippen LogP contribution is 2.39. The molecule has 6 nitrogen and oxygen atoms in total. The van der Waals surface area contributed by atoms with E-state index < -0.39 is 0 Å². The molecule has 1 saturated carbocycles. The molecule has 2 unspecified atom stereocenters. The minimum Gasteiger partial charge on any atom is -0.375 e. The van der Waals surface area contributed by atoms with E-state index in [1.807, 2.05) is 18.2 Å². The lowest BCUT2D eigenvalue weighted by molar-refractivity contribution is -0.127. The molecule has 1 aromatic carbocycles. The number of guanidine groups is 1. The molecule has 2 atom stereocenters. The molecule has 1 aliphatic carbocycles. The molecule has 29 heavy (non-hydrogen) atoms. The summed E-state index contributed by atoms with van der Waals surface area (Å²) in [4.78, 5) is 18.2. The number of hydrogen-bond acceptors (Lipinski definition) is 3. The Hall–Kier alpha value is -1.35. The fourth-order valence-electron chi connectivity index (χ4n) is 4.16. The maximum atomic E-state index is 12.0. The second-order valence-electron chi connectivity index (χ2n) is 8.30. The topological polar surface area (TPSA) is 66.0 Å². The van der Waals surface area contributed by atoms with Gasteiger partial charge in [-0.1, -0.05) is 43.2 Å². The number of likely N-dealkylation sites (N-methyl/N-ethyl adjacent to an activating group) is 1. The standard InChI is InChI=1S/C22H34N4O2.HI/c1-17(18-9-5-4-6-10-18)24-21(23-16-20(27)26(2)3)25-19-11-14-28-22(15-19)12-7-8-13-22;/h4-6,9-10,17,19H,7-8,11-16H2,1-3H3,(H2,23,24,25);1H. The van der Waals surface area contributed by atoms with Gasteiger partial charge in [0, 0.05) is 26.7 Å². The number of rotatable bonds is 5. The van der Waals surface area contributed by atoms with Crippen molar-refractivity contribution in [3.05, 3.63) is 35.9 Å². The summed E-state index contributed by atoms with van der Waals surface area (Å²) < 4.78 is 6.16. The molecule has 1 spiro atoms. The van der Waals surface area contributed by atoms with E-state index in [2.05, 4.69) is 34.7 Å². The van der Waals surface area contributed by atoms with Gasteiger partial charge in [-0.25, -0.2) is 4.99 Å². The summed E-state index contributed by atoms with van der Waals surface area (Å²) in [5, 5.41) is 7.07. The highest BCUT2D eigenvalue weighted by atomic mass is 127. The van der Waals surface area contributed by atoms with Gasteiger partial charge in [-0.3, -0.25) is 4.79 Å². The molecule has 0 radical (unpaired) electrons. The smallest absolute Gasteiger partial charge is 0.243 e. The quantitative estimate of drug-likeness (QED) is 0.359. The zero-order valence-electron chi connectivity index (χ0n) is 17.8. The van der Waals surface area contributed by atoms with Crippen molar-refractivity contribution >= 4 is 35.8 Å². The average molecular weight is 514 g/mol. The lowest BCUT2D eigenvalue weighted by Crippen LogP contribution is -2.51. The first-order chi connectivity index (χ1) is 13.5. The summed E-state index contributed by atoms with van der Waals surface area (Å²) in [6.07, 6.45) is 6.80. The molecule has 1 aromatic rings. The molecule has 0 bridgehead atoms. The van der Waals surface area contributed by atoms with E-state index in [0.717, 1.165) is 32.3 Å². The van der Waals surface area contributed by atoms with Crippen molar-refractivity contribution in [3.63, 3.8) is 0 Å². The van der Waals surface area contributed by atoms with E-state index in [4.69, 9.17) is 4.74 Å². The van der Waals surface area contributed by atoms with Gasteiger partial charge in [0.1, 0.15) is 6.54 Å². The summed E-state index contributed by atoms with van der Waals surface area (Å²) >= 11 is 0. The Balaban J connectivity index is 0.00000300. The maximum Gasteiger partial charge on any atom is 0.243 e. The molecule has 1 amide bonds. The highest BCUT2D eigenvalue weighted by molar-refractivity contribution is 14.0. The van der Waals surface area contributed by atoms with Gasteiger partial charge in [-0.2, -0.15) is 0 Å². The Kier molecular flexibility index (Phi) is 9.20. The molecule has 162 valence electrons. The van der Waals surface area contributed by atoms with Crippen LogP contribution < -0.4 is 10.6 Å². The van der Waals surface area contributed by atoms with E-state index in [1.165, 1.54) is 18.4 Å². The van der Waals surface area contributed by atoms with Gasteiger partial charge in [0.05, 0.1) is 11.6 Å². The third-order valence-electron chi connectivity index (χ3n) is 5.87. The van der Waals surface area contributed by atoms with Crippen LogP contribution in [0.15, 0.2) is 35.3 Å². The number of benzene rings is 1. The predicted molar refractivity (Wildman–Crippen MR) is 128 cm³/mol. The molecule has 3 rings (SSSR count). The van der Waals surface area contributed by atoms with Crippen LogP contribution in [-0.4, -0.2) is 55.7 Å². The number of nitrogens with one attached hydrogen (secondary N) is 2. The number of amides is 1. The largest absolute Gasteiger partial charge is 0.375 e. The fraction of sp³-hybridized carbons (Fsp3) is 0.636. The molecule has 2 N–H and O–H groups in total. The molecular formula is C22H35IN4O2. The Morgan fingerprint density at radius 1 is 1.28 bits per heavy atom. The van der Waals surface area contributed by atoms with Crippen molar-refractivity contribution < 1.29 is 9.53 Å². The number of carbonyl (C=O) groups excluding carboxylic acids is 1. The van der Waals surface area contributed by atoms with Gasteiger partial charge in [-0.05, 0) is 38.2 Å². The van der Waals surface area contributed by atoms with Gasteiger partial charge >= 0.3 is 0 Å². The summed E-state index contributed by atoms with van der Waals surface area (Å²) in [7, 11) is 3.51. The van der Waals surface area contributed by atoms with Crippen molar-refractivity contribution in [1.29, 1.82) is 0 Å². The van der Waals surface area contributed by atoms with Crippen LogP contribution in [0.4, 0.5) is 0 Å². The summed E-state index contributed by atoms with van der Waals surface area (Å²) in [5.74, 6) is 0.694. The highest BCUT2D eigenvalue weighted by Gasteiger charge is 2.40. The van der Waals surface area contributed by atoms with Crippen molar-refractivity contribution in [2.24, 2.45) is 4.99 Å². The van der Waals surface area contributed by atoms with E-state index >= 15 is 0 Å². The lowest BCUT2D eigenvalue weighted by atomic mass is 9.89. The molecule has 1 heterocycles. The van der Waals surface area contributed by atoms with Crippen LogP contribution in [0.2, 0.25) is 0 Å². The van der Waals surface area contributed by atoms with E-state index in [-0.39, 0.29) is 48.1 Å². The molecule has 1 aliphatic heterocycles. The molecular weight excluding hydrogens is 479 g/mol. The number of ether oxygens (including phenoxy) is 1. The van der Waals surface area contributed by atoms with E-state index in [1.54, 1.807) is 19.0 Å². The number of aliphatic imine (C=N–C) groups is 1.